The van der Waals surface area contributed by atoms with E-state index in [0.717, 1.165) is 19.4 Å². The normalized spacial score (nSPS) is 29.8. The second-order valence-corrected chi connectivity index (χ2v) is 7.18. The van der Waals surface area contributed by atoms with Gasteiger partial charge in [0.05, 0.1) is 5.60 Å². The highest BCUT2D eigenvalue weighted by Gasteiger charge is 2.40. The second-order valence-electron chi connectivity index (χ2n) is 6.08. The molecule has 3 rings (SSSR count). The van der Waals surface area contributed by atoms with Crippen LogP contribution in [0.1, 0.15) is 38.2 Å². The van der Waals surface area contributed by atoms with Gasteiger partial charge in [0, 0.05) is 24.1 Å². The maximum Gasteiger partial charge on any atom is 0.0799 e. The van der Waals surface area contributed by atoms with Crippen LogP contribution in [0, 0.1) is 0 Å². The molecule has 2 nitrogen and oxygen atoms in total. The molecule has 2 saturated heterocycles. The van der Waals surface area contributed by atoms with Gasteiger partial charge in [0.15, 0.2) is 0 Å². The number of ether oxygens (including phenoxy) is 1. The molecule has 20 heavy (non-hydrogen) atoms. The molecule has 2 fully saturated rings. The summed E-state index contributed by atoms with van der Waals surface area (Å²) in [5.74, 6) is 2.45. The first-order chi connectivity index (χ1) is 9.81. The van der Waals surface area contributed by atoms with E-state index in [1.165, 1.54) is 42.0 Å². The molecule has 0 bridgehead atoms. The van der Waals surface area contributed by atoms with Crippen molar-refractivity contribution in [2.45, 2.75) is 50.7 Å². The highest BCUT2D eigenvalue weighted by Crippen LogP contribution is 2.39. The first-order valence-electron chi connectivity index (χ1n) is 7.87. The predicted octanol–water partition coefficient (Wildman–Crippen LogP) is 4.11. The molecule has 1 N–H and O–H groups in total. The molecule has 0 aromatic heterocycles. The van der Waals surface area contributed by atoms with Gasteiger partial charge < -0.3 is 10.1 Å². The Morgan fingerprint density at radius 3 is 3.10 bits per heavy atom. The van der Waals surface area contributed by atoms with Gasteiger partial charge in [-0.1, -0.05) is 31.5 Å². The van der Waals surface area contributed by atoms with Crippen LogP contribution in [0.4, 0.5) is 5.69 Å². The van der Waals surface area contributed by atoms with Crippen molar-refractivity contribution in [1.82, 2.24) is 0 Å². The van der Waals surface area contributed by atoms with E-state index in [1.54, 1.807) is 0 Å². The number of benzene rings is 1. The number of thioether (sulfide) groups is 1. The lowest BCUT2D eigenvalue weighted by Gasteiger charge is -2.38. The molecule has 2 unspecified atom stereocenters. The number of hydrogen-bond donors (Lipinski definition) is 1. The van der Waals surface area contributed by atoms with E-state index in [9.17, 15) is 0 Å². The van der Waals surface area contributed by atoms with Crippen LogP contribution in [0.3, 0.4) is 0 Å². The van der Waals surface area contributed by atoms with Crippen molar-refractivity contribution in [3.05, 3.63) is 29.8 Å². The van der Waals surface area contributed by atoms with Gasteiger partial charge in [-0.3, -0.25) is 0 Å². The number of aryl methyl sites for hydroxylation is 1. The smallest absolute Gasteiger partial charge is 0.0799 e. The van der Waals surface area contributed by atoms with Crippen LogP contribution in [0.25, 0.3) is 0 Å². The molecule has 0 saturated carbocycles. The summed E-state index contributed by atoms with van der Waals surface area (Å²) in [4.78, 5) is 0. The Kier molecular flexibility index (Phi) is 4.57. The highest BCUT2D eigenvalue weighted by atomic mass is 32.2. The molecule has 0 radical (unpaired) electrons. The first kappa shape index (κ1) is 14.3. The molecule has 1 aromatic rings. The van der Waals surface area contributed by atoms with Crippen LogP contribution in [-0.4, -0.2) is 29.8 Å². The molecule has 2 aliphatic rings. The zero-order valence-corrected chi connectivity index (χ0v) is 13.2. The summed E-state index contributed by atoms with van der Waals surface area (Å²) in [6.45, 7) is 3.16. The van der Waals surface area contributed by atoms with Crippen molar-refractivity contribution in [2.75, 3.05) is 23.4 Å². The number of anilines is 1. The van der Waals surface area contributed by atoms with Crippen LogP contribution < -0.4 is 5.32 Å². The molecule has 2 atom stereocenters. The Hall–Kier alpha value is -0.670. The average Bonchev–Trinajstić information content (AvgIpc) is 2.89. The van der Waals surface area contributed by atoms with Crippen molar-refractivity contribution >= 4 is 17.4 Å². The zero-order valence-electron chi connectivity index (χ0n) is 12.4. The summed E-state index contributed by atoms with van der Waals surface area (Å²) in [6, 6.07) is 9.35. The molecule has 110 valence electrons. The maximum atomic E-state index is 6.11. The SMILES string of the molecule is CCCc1ccccc1NC1CCOC2(CCSC2)C1. The number of nitrogens with one attached hydrogen (secondary N) is 1. The topological polar surface area (TPSA) is 21.3 Å². The lowest BCUT2D eigenvalue weighted by molar-refractivity contribution is -0.0628. The van der Waals surface area contributed by atoms with Gasteiger partial charge >= 0.3 is 0 Å². The van der Waals surface area contributed by atoms with Crippen LogP contribution in [0.2, 0.25) is 0 Å². The van der Waals surface area contributed by atoms with Gasteiger partial charge in [-0.15, -0.1) is 0 Å². The molecule has 1 spiro atoms. The lowest BCUT2D eigenvalue weighted by atomic mass is 9.89. The molecule has 3 heteroatoms. The van der Waals surface area contributed by atoms with E-state index in [4.69, 9.17) is 4.74 Å². The van der Waals surface area contributed by atoms with Crippen molar-refractivity contribution in [3.63, 3.8) is 0 Å². The van der Waals surface area contributed by atoms with Crippen LogP contribution in [-0.2, 0) is 11.2 Å². The fourth-order valence-electron chi connectivity index (χ4n) is 3.38. The maximum absolute atomic E-state index is 6.11. The summed E-state index contributed by atoms with van der Waals surface area (Å²) < 4.78 is 6.11. The van der Waals surface area contributed by atoms with Crippen molar-refractivity contribution in [2.24, 2.45) is 0 Å². The third kappa shape index (κ3) is 3.15. The number of hydrogen-bond acceptors (Lipinski definition) is 3. The molecule has 2 aliphatic heterocycles. The van der Waals surface area contributed by atoms with E-state index in [0.29, 0.717) is 6.04 Å². The first-order valence-corrected chi connectivity index (χ1v) is 9.03. The summed E-state index contributed by atoms with van der Waals surface area (Å²) >= 11 is 2.05. The van der Waals surface area contributed by atoms with Crippen LogP contribution in [0.5, 0.6) is 0 Å². The second kappa shape index (κ2) is 6.40. The fraction of sp³-hybridized carbons (Fsp3) is 0.647. The predicted molar refractivity (Wildman–Crippen MR) is 87.7 cm³/mol. The van der Waals surface area contributed by atoms with Crippen molar-refractivity contribution < 1.29 is 4.74 Å². The summed E-state index contributed by atoms with van der Waals surface area (Å²) in [6.07, 6.45) is 5.89. The third-order valence-electron chi connectivity index (χ3n) is 4.46. The van der Waals surface area contributed by atoms with Crippen molar-refractivity contribution in [1.29, 1.82) is 0 Å². The molecule has 0 aliphatic carbocycles. The van der Waals surface area contributed by atoms with E-state index in [2.05, 4.69) is 36.5 Å². The van der Waals surface area contributed by atoms with Crippen molar-refractivity contribution in [3.8, 4) is 0 Å². The largest absolute Gasteiger partial charge is 0.382 e. The molecule has 1 aromatic carbocycles. The Balaban J connectivity index is 1.68. The van der Waals surface area contributed by atoms with Gasteiger partial charge in [0.25, 0.3) is 0 Å². The van der Waals surface area contributed by atoms with Crippen LogP contribution >= 0.6 is 11.8 Å². The monoisotopic (exact) mass is 291 g/mol. The molecular weight excluding hydrogens is 266 g/mol. The minimum absolute atomic E-state index is 0.167. The van der Waals surface area contributed by atoms with Gasteiger partial charge in [0.1, 0.15) is 0 Å². The molecular formula is C17H25NOS. The van der Waals surface area contributed by atoms with Gasteiger partial charge in [-0.25, -0.2) is 0 Å². The Bertz CT molecular complexity index is 442. The minimum atomic E-state index is 0.167. The minimum Gasteiger partial charge on any atom is -0.382 e. The lowest BCUT2D eigenvalue weighted by Crippen LogP contribution is -2.44. The Labute approximate surface area is 126 Å². The average molecular weight is 291 g/mol. The van der Waals surface area contributed by atoms with Gasteiger partial charge in [-0.05, 0) is 43.1 Å². The van der Waals surface area contributed by atoms with Gasteiger partial charge in [-0.2, -0.15) is 11.8 Å². The van der Waals surface area contributed by atoms with E-state index >= 15 is 0 Å². The van der Waals surface area contributed by atoms with Crippen LogP contribution in [0.15, 0.2) is 24.3 Å². The Morgan fingerprint density at radius 2 is 2.30 bits per heavy atom. The molecule has 2 heterocycles. The standard InChI is InChI=1S/C17H25NOS/c1-2-5-14-6-3-4-7-16(14)18-15-8-10-19-17(12-15)9-11-20-13-17/h3-4,6-7,15,18H,2,5,8-13H2,1H3. The zero-order chi connectivity index (χ0) is 13.8. The summed E-state index contributed by atoms with van der Waals surface area (Å²) in [5.41, 5.74) is 2.96. The Morgan fingerprint density at radius 1 is 1.40 bits per heavy atom. The van der Waals surface area contributed by atoms with Gasteiger partial charge in [0.2, 0.25) is 0 Å². The fourth-order valence-corrected chi connectivity index (χ4v) is 4.76. The van der Waals surface area contributed by atoms with E-state index in [1.807, 2.05) is 11.8 Å². The summed E-state index contributed by atoms with van der Waals surface area (Å²) in [5, 5.41) is 3.80. The molecule has 0 amide bonds. The van der Waals surface area contributed by atoms with E-state index < -0.39 is 0 Å². The third-order valence-corrected chi connectivity index (χ3v) is 5.68. The number of rotatable bonds is 4. The quantitative estimate of drug-likeness (QED) is 0.902. The van der Waals surface area contributed by atoms with E-state index in [-0.39, 0.29) is 5.60 Å². The highest BCUT2D eigenvalue weighted by molar-refractivity contribution is 7.99. The number of para-hydroxylation sites is 1. The summed E-state index contributed by atoms with van der Waals surface area (Å²) in [7, 11) is 0.